The molecule has 0 aliphatic carbocycles. The van der Waals surface area contributed by atoms with Crippen LogP contribution in [0.5, 0.6) is 0 Å². The molecule has 1 aliphatic rings. The molecule has 7 heteroatoms. The molecule has 1 aromatic rings. The van der Waals surface area contributed by atoms with Gasteiger partial charge < -0.3 is 14.4 Å². The van der Waals surface area contributed by atoms with Gasteiger partial charge in [0.15, 0.2) is 0 Å². The molecule has 2 unspecified atom stereocenters. The number of amides is 1. The van der Waals surface area contributed by atoms with Crippen LogP contribution in [0.4, 0.5) is 0 Å². The van der Waals surface area contributed by atoms with Crippen molar-refractivity contribution >= 4 is 17.8 Å². The number of pyridine rings is 1. The molecule has 118 valence electrons. The van der Waals surface area contributed by atoms with E-state index in [-0.39, 0.29) is 5.91 Å². The molecule has 2 atom stereocenters. The second-order valence-corrected chi connectivity index (χ2v) is 5.02. The summed E-state index contributed by atoms with van der Waals surface area (Å²) in [6, 6.07) is 2.04. The minimum absolute atomic E-state index is 0.131. The van der Waals surface area contributed by atoms with Crippen LogP contribution < -0.4 is 0 Å². The van der Waals surface area contributed by atoms with Gasteiger partial charge in [-0.05, 0) is 25.5 Å². The van der Waals surface area contributed by atoms with Crippen molar-refractivity contribution in [2.75, 3.05) is 14.2 Å². The molecule has 0 bridgehead atoms. The van der Waals surface area contributed by atoms with Crippen LogP contribution >= 0.6 is 0 Å². The smallest absolute Gasteiger partial charge is 0.337 e. The number of likely N-dealkylation sites (tertiary alicyclic amines) is 1. The third-order valence-electron chi connectivity index (χ3n) is 3.78. The van der Waals surface area contributed by atoms with Gasteiger partial charge in [0, 0.05) is 12.6 Å². The largest absolute Gasteiger partial charge is 0.467 e. The summed E-state index contributed by atoms with van der Waals surface area (Å²) in [6.07, 6.45) is 2.19. The molecule has 0 aromatic carbocycles. The molecule has 2 heterocycles. The monoisotopic (exact) mass is 306 g/mol. The van der Waals surface area contributed by atoms with Gasteiger partial charge in [-0.3, -0.25) is 9.78 Å². The number of rotatable bonds is 4. The number of nitrogens with zero attached hydrogens (tertiary/aromatic N) is 2. The fraction of sp³-hybridized carbons (Fsp3) is 0.467. The predicted molar refractivity (Wildman–Crippen MR) is 75.9 cm³/mol. The molecular formula is C15H18N2O5. The zero-order chi connectivity index (χ0) is 16.3. The fourth-order valence-electron chi connectivity index (χ4n) is 2.62. The Hall–Kier alpha value is -2.44. The van der Waals surface area contributed by atoms with E-state index >= 15 is 0 Å². The molecule has 1 amide bonds. The third-order valence-corrected chi connectivity index (χ3v) is 3.78. The van der Waals surface area contributed by atoms with Gasteiger partial charge in [0.25, 0.3) is 0 Å². The summed E-state index contributed by atoms with van der Waals surface area (Å²) in [7, 11) is 2.59. The van der Waals surface area contributed by atoms with E-state index < -0.39 is 24.0 Å². The lowest BCUT2D eigenvalue weighted by molar-refractivity contribution is -0.150. The number of hydrogen-bond donors (Lipinski definition) is 0. The minimum atomic E-state index is -0.615. The number of esters is 2. The van der Waals surface area contributed by atoms with Crippen LogP contribution in [0.25, 0.3) is 0 Å². The van der Waals surface area contributed by atoms with E-state index in [9.17, 15) is 14.4 Å². The van der Waals surface area contributed by atoms with Crippen LogP contribution in [0.1, 0.15) is 41.9 Å². The van der Waals surface area contributed by atoms with Crippen molar-refractivity contribution in [2.45, 2.75) is 31.8 Å². The summed E-state index contributed by atoms with van der Waals surface area (Å²) < 4.78 is 9.42. The third kappa shape index (κ3) is 2.93. The first-order valence-electron chi connectivity index (χ1n) is 6.92. The molecule has 7 nitrogen and oxygen atoms in total. The quantitative estimate of drug-likeness (QED) is 0.774. The highest BCUT2D eigenvalue weighted by atomic mass is 16.5. The van der Waals surface area contributed by atoms with Crippen LogP contribution in [-0.2, 0) is 19.1 Å². The topological polar surface area (TPSA) is 85.8 Å². The number of ether oxygens (including phenoxy) is 2. The number of aromatic nitrogens is 1. The summed E-state index contributed by atoms with van der Waals surface area (Å²) in [6.45, 7) is 1.77. The lowest BCUT2D eigenvalue weighted by atomic mass is 10.1. The number of hydrogen-bond acceptors (Lipinski definition) is 6. The molecule has 0 spiro atoms. The van der Waals surface area contributed by atoms with Crippen molar-refractivity contribution in [1.29, 1.82) is 0 Å². The minimum Gasteiger partial charge on any atom is -0.467 e. The first-order chi connectivity index (χ1) is 10.5. The van der Waals surface area contributed by atoms with Gasteiger partial charge in [-0.25, -0.2) is 9.59 Å². The van der Waals surface area contributed by atoms with Gasteiger partial charge in [0.05, 0.1) is 31.5 Å². The zero-order valence-corrected chi connectivity index (χ0v) is 12.7. The number of methoxy groups -OCH3 is 2. The van der Waals surface area contributed by atoms with E-state index in [0.717, 1.165) is 0 Å². The molecule has 1 aliphatic heterocycles. The first-order valence-corrected chi connectivity index (χ1v) is 6.92. The Kier molecular flexibility index (Phi) is 4.75. The van der Waals surface area contributed by atoms with Gasteiger partial charge in [0.2, 0.25) is 5.91 Å². The second kappa shape index (κ2) is 6.55. The van der Waals surface area contributed by atoms with Crippen LogP contribution in [-0.4, -0.2) is 48.0 Å². The molecule has 0 N–H and O–H groups in total. The first kappa shape index (κ1) is 15.9. The molecule has 2 rings (SSSR count). The van der Waals surface area contributed by atoms with Crippen molar-refractivity contribution in [1.82, 2.24) is 9.88 Å². The molecular weight excluding hydrogens is 288 g/mol. The fourth-order valence-corrected chi connectivity index (χ4v) is 2.62. The van der Waals surface area contributed by atoms with Crippen LogP contribution in [0.15, 0.2) is 18.3 Å². The van der Waals surface area contributed by atoms with E-state index in [1.54, 1.807) is 13.0 Å². The molecule has 1 saturated heterocycles. The van der Waals surface area contributed by atoms with Crippen molar-refractivity contribution in [3.63, 3.8) is 0 Å². The average molecular weight is 306 g/mol. The Morgan fingerprint density at radius 3 is 2.73 bits per heavy atom. The van der Waals surface area contributed by atoms with Gasteiger partial charge in [-0.15, -0.1) is 0 Å². The molecule has 1 aromatic heterocycles. The molecule has 0 saturated carbocycles. The van der Waals surface area contributed by atoms with E-state index in [2.05, 4.69) is 9.72 Å². The van der Waals surface area contributed by atoms with Crippen LogP contribution in [0, 0.1) is 0 Å². The number of carbonyl (C=O) groups is 3. The predicted octanol–water partition coefficient (Wildman–Crippen LogP) is 1.09. The molecule has 0 radical (unpaired) electrons. The van der Waals surface area contributed by atoms with E-state index in [0.29, 0.717) is 24.1 Å². The van der Waals surface area contributed by atoms with Gasteiger partial charge in [0.1, 0.15) is 6.04 Å². The van der Waals surface area contributed by atoms with Crippen molar-refractivity contribution in [2.24, 2.45) is 0 Å². The Morgan fingerprint density at radius 1 is 1.36 bits per heavy atom. The summed E-state index contributed by atoms with van der Waals surface area (Å²) in [5, 5.41) is 0. The normalized spacial score (nSPS) is 19.0. The highest BCUT2D eigenvalue weighted by Crippen LogP contribution is 2.30. The van der Waals surface area contributed by atoms with Crippen LogP contribution in [0.3, 0.4) is 0 Å². The van der Waals surface area contributed by atoms with Crippen molar-refractivity contribution in [3.05, 3.63) is 29.6 Å². The highest BCUT2D eigenvalue weighted by molar-refractivity contribution is 5.90. The SMILES string of the molecule is COC(=O)c1ccnc(C(C)N2C(=O)CCC2C(=O)OC)c1. The Morgan fingerprint density at radius 2 is 2.09 bits per heavy atom. The summed E-state index contributed by atoms with van der Waals surface area (Å²) in [5.41, 5.74) is 0.868. The highest BCUT2D eigenvalue weighted by Gasteiger charge is 2.40. The lowest BCUT2D eigenvalue weighted by Gasteiger charge is -2.29. The summed E-state index contributed by atoms with van der Waals surface area (Å²) >= 11 is 0. The average Bonchev–Trinajstić information content (AvgIpc) is 2.94. The maximum Gasteiger partial charge on any atom is 0.337 e. The van der Waals surface area contributed by atoms with E-state index in [1.165, 1.54) is 31.4 Å². The van der Waals surface area contributed by atoms with Gasteiger partial charge in [-0.1, -0.05) is 0 Å². The zero-order valence-electron chi connectivity index (χ0n) is 12.7. The molecule has 22 heavy (non-hydrogen) atoms. The maximum absolute atomic E-state index is 12.1. The lowest BCUT2D eigenvalue weighted by Crippen LogP contribution is -2.41. The van der Waals surface area contributed by atoms with Gasteiger partial charge >= 0.3 is 11.9 Å². The Labute approximate surface area is 128 Å². The maximum atomic E-state index is 12.1. The summed E-state index contributed by atoms with van der Waals surface area (Å²) in [4.78, 5) is 41.2. The van der Waals surface area contributed by atoms with Gasteiger partial charge in [-0.2, -0.15) is 0 Å². The Bertz CT molecular complexity index is 601. The molecule has 1 fully saturated rings. The van der Waals surface area contributed by atoms with E-state index in [1.807, 2.05) is 0 Å². The van der Waals surface area contributed by atoms with Crippen molar-refractivity contribution < 1.29 is 23.9 Å². The van der Waals surface area contributed by atoms with Crippen LogP contribution in [0.2, 0.25) is 0 Å². The standard InChI is InChI=1S/C15H18N2O5/c1-9(11-8-10(6-7-16-11)14(19)21-2)17-12(15(20)22-3)4-5-13(17)18/h6-9,12H,4-5H2,1-3H3. The summed E-state index contributed by atoms with van der Waals surface area (Å²) in [5.74, 6) is -1.05. The second-order valence-electron chi connectivity index (χ2n) is 5.02. The Balaban J connectivity index is 2.29. The number of carbonyl (C=O) groups excluding carboxylic acids is 3. The van der Waals surface area contributed by atoms with E-state index in [4.69, 9.17) is 4.74 Å². The van der Waals surface area contributed by atoms with Crippen molar-refractivity contribution in [3.8, 4) is 0 Å².